The van der Waals surface area contributed by atoms with E-state index in [-0.39, 0.29) is 17.4 Å². The third kappa shape index (κ3) is 1.47. The van der Waals surface area contributed by atoms with Gasteiger partial charge in [0.1, 0.15) is 5.69 Å². The van der Waals surface area contributed by atoms with Gasteiger partial charge in [-0.1, -0.05) is 0 Å². The number of carbonyl (C=O) groups excluding carboxylic acids is 1. The van der Waals surface area contributed by atoms with E-state index in [0.29, 0.717) is 5.56 Å². The monoisotopic (exact) mass is 179 g/mol. The lowest BCUT2D eigenvalue weighted by Crippen LogP contribution is -1.99. The zero-order valence-corrected chi connectivity index (χ0v) is 6.91. The van der Waals surface area contributed by atoms with Crippen molar-refractivity contribution in [3.63, 3.8) is 0 Å². The number of hydrogen-bond acceptors (Lipinski definition) is 2. The lowest BCUT2D eigenvalue weighted by atomic mass is 10.1. The largest absolute Gasteiger partial charge is 0.477 e. The van der Waals surface area contributed by atoms with E-state index in [2.05, 4.69) is 4.98 Å². The Kier molecular flexibility index (Phi) is 1.69. The summed E-state index contributed by atoms with van der Waals surface area (Å²) in [5.41, 5.74) is 0.559. The van der Waals surface area contributed by atoms with Gasteiger partial charge in [0.2, 0.25) is 0 Å². The Labute approximate surface area is 74.6 Å². The van der Waals surface area contributed by atoms with E-state index in [4.69, 9.17) is 5.11 Å². The molecule has 2 N–H and O–H groups in total. The van der Waals surface area contributed by atoms with E-state index in [1.54, 1.807) is 0 Å². The number of ketones is 1. The minimum absolute atomic E-state index is 0.0590. The summed E-state index contributed by atoms with van der Waals surface area (Å²) in [6.45, 7) is 0. The molecule has 0 aliphatic heterocycles. The molecule has 4 heteroatoms. The second-order valence-electron chi connectivity index (χ2n) is 3.25. The highest BCUT2D eigenvalue weighted by atomic mass is 16.4. The van der Waals surface area contributed by atoms with Crippen molar-refractivity contribution < 1.29 is 14.7 Å². The summed E-state index contributed by atoms with van der Waals surface area (Å²) in [5, 5.41) is 8.59. The van der Waals surface area contributed by atoms with E-state index in [1.807, 2.05) is 0 Å². The van der Waals surface area contributed by atoms with Crippen molar-refractivity contribution in [1.82, 2.24) is 4.98 Å². The number of aromatic amines is 1. The Bertz CT molecular complexity index is 363. The number of aromatic nitrogens is 1. The van der Waals surface area contributed by atoms with Crippen LogP contribution in [-0.4, -0.2) is 21.8 Å². The van der Waals surface area contributed by atoms with Crippen LogP contribution in [0.3, 0.4) is 0 Å². The maximum atomic E-state index is 11.4. The Morgan fingerprint density at radius 3 is 2.62 bits per heavy atom. The highest BCUT2D eigenvalue weighted by Crippen LogP contribution is 2.32. The van der Waals surface area contributed by atoms with Crippen LogP contribution in [0.5, 0.6) is 0 Å². The standard InChI is InChI=1S/C9H9NO3/c11-8(5-1-2-5)6-3-7(9(12)13)10-4-6/h3-5,10H,1-2H2,(H,12,13). The van der Waals surface area contributed by atoms with Crippen molar-refractivity contribution in [2.24, 2.45) is 5.92 Å². The van der Waals surface area contributed by atoms with Crippen LogP contribution in [0.4, 0.5) is 0 Å². The summed E-state index contributed by atoms with van der Waals surface area (Å²) < 4.78 is 0. The van der Waals surface area contributed by atoms with Crippen LogP contribution in [0.25, 0.3) is 0 Å². The molecule has 1 aliphatic carbocycles. The molecule has 0 bridgehead atoms. The van der Waals surface area contributed by atoms with Crippen LogP contribution >= 0.6 is 0 Å². The smallest absolute Gasteiger partial charge is 0.352 e. The fraction of sp³-hybridized carbons (Fsp3) is 0.333. The van der Waals surface area contributed by atoms with Gasteiger partial charge < -0.3 is 10.1 Å². The molecule has 4 nitrogen and oxygen atoms in total. The van der Waals surface area contributed by atoms with Crippen molar-refractivity contribution in [1.29, 1.82) is 0 Å². The molecule has 1 aliphatic rings. The Morgan fingerprint density at radius 1 is 1.46 bits per heavy atom. The first kappa shape index (κ1) is 8.04. The number of H-pyrrole nitrogens is 1. The molecule has 1 aromatic heterocycles. The Hall–Kier alpha value is -1.58. The lowest BCUT2D eigenvalue weighted by Gasteiger charge is -1.89. The van der Waals surface area contributed by atoms with Crippen LogP contribution in [0, 0.1) is 5.92 Å². The molecule has 0 saturated heterocycles. The summed E-state index contributed by atoms with van der Waals surface area (Å²) in [5.74, 6) is -0.837. The molecule has 2 rings (SSSR count). The van der Waals surface area contributed by atoms with Crippen LogP contribution < -0.4 is 0 Å². The molecule has 0 aromatic carbocycles. The fourth-order valence-electron chi connectivity index (χ4n) is 1.24. The number of rotatable bonds is 3. The van der Waals surface area contributed by atoms with E-state index in [0.717, 1.165) is 12.8 Å². The van der Waals surface area contributed by atoms with Crippen LogP contribution in [0.15, 0.2) is 12.3 Å². The van der Waals surface area contributed by atoms with Gasteiger partial charge in [0.25, 0.3) is 0 Å². The third-order valence-electron chi connectivity index (χ3n) is 2.15. The van der Waals surface area contributed by atoms with Gasteiger partial charge in [0.15, 0.2) is 5.78 Å². The number of nitrogens with one attached hydrogen (secondary N) is 1. The normalized spacial score (nSPS) is 15.7. The van der Waals surface area contributed by atoms with Crippen LogP contribution in [0.1, 0.15) is 33.7 Å². The maximum Gasteiger partial charge on any atom is 0.352 e. The summed E-state index contributed by atoms with van der Waals surface area (Å²) in [6, 6.07) is 1.39. The molecule has 0 atom stereocenters. The van der Waals surface area contributed by atoms with Crippen molar-refractivity contribution in [2.45, 2.75) is 12.8 Å². The van der Waals surface area contributed by atoms with Crippen molar-refractivity contribution in [3.8, 4) is 0 Å². The molecule has 68 valence electrons. The average Bonchev–Trinajstić information content (AvgIpc) is 2.81. The van der Waals surface area contributed by atoms with E-state index >= 15 is 0 Å². The third-order valence-corrected chi connectivity index (χ3v) is 2.15. The molecule has 0 radical (unpaired) electrons. The quantitative estimate of drug-likeness (QED) is 0.687. The van der Waals surface area contributed by atoms with Crippen molar-refractivity contribution in [2.75, 3.05) is 0 Å². The molecule has 0 unspecified atom stereocenters. The van der Waals surface area contributed by atoms with Gasteiger partial charge in [-0.3, -0.25) is 4.79 Å². The maximum absolute atomic E-state index is 11.4. The number of carboxylic acid groups (broad SMARTS) is 1. The zero-order valence-electron chi connectivity index (χ0n) is 6.91. The van der Waals surface area contributed by atoms with Gasteiger partial charge in [0, 0.05) is 17.7 Å². The van der Waals surface area contributed by atoms with Gasteiger partial charge in [-0.05, 0) is 18.9 Å². The van der Waals surface area contributed by atoms with Crippen LogP contribution in [-0.2, 0) is 0 Å². The van der Waals surface area contributed by atoms with Crippen LogP contribution in [0.2, 0.25) is 0 Å². The minimum Gasteiger partial charge on any atom is -0.477 e. The van der Waals surface area contributed by atoms with Gasteiger partial charge >= 0.3 is 5.97 Å². The molecule has 1 saturated carbocycles. The number of aromatic carboxylic acids is 1. The lowest BCUT2D eigenvalue weighted by molar-refractivity contribution is 0.0691. The molecule has 0 amide bonds. The number of Topliss-reactive ketones (excluding diaryl/α,β-unsaturated/α-hetero) is 1. The number of carboxylic acids is 1. The number of hydrogen-bond donors (Lipinski definition) is 2. The molecule has 1 aromatic rings. The van der Waals surface area contributed by atoms with Crippen molar-refractivity contribution in [3.05, 3.63) is 23.5 Å². The van der Waals surface area contributed by atoms with E-state index in [1.165, 1.54) is 12.3 Å². The minimum atomic E-state index is -1.03. The second kappa shape index (κ2) is 2.73. The fourth-order valence-corrected chi connectivity index (χ4v) is 1.24. The highest BCUT2D eigenvalue weighted by Gasteiger charge is 2.31. The molecule has 13 heavy (non-hydrogen) atoms. The first-order valence-electron chi connectivity index (χ1n) is 4.14. The van der Waals surface area contributed by atoms with Crippen molar-refractivity contribution >= 4 is 11.8 Å². The van der Waals surface area contributed by atoms with E-state index < -0.39 is 5.97 Å². The zero-order chi connectivity index (χ0) is 9.42. The molecular weight excluding hydrogens is 170 g/mol. The second-order valence-corrected chi connectivity index (χ2v) is 3.25. The van der Waals surface area contributed by atoms with Gasteiger partial charge in [0.05, 0.1) is 0 Å². The van der Waals surface area contributed by atoms with E-state index in [9.17, 15) is 9.59 Å². The summed E-state index contributed by atoms with van der Waals surface area (Å²) >= 11 is 0. The molecule has 0 spiro atoms. The van der Waals surface area contributed by atoms with Gasteiger partial charge in [-0.25, -0.2) is 4.79 Å². The first-order chi connectivity index (χ1) is 6.18. The highest BCUT2D eigenvalue weighted by molar-refractivity contribution is 6.01. The summed E-state index contributed by atoms with van der Waals surface area (Å²) in [4.78, 5) is 24.5. The first-order valence-corrected chi connectivity index (χ1v) is 4.14. The van der Waals surface area contributed by atoms with Gasteiger partial charge in [-0.15, -0.1) is 0 Å². The predicted molar refractivity (Wildman–Crippen MR) is 44.8 cm³/mol. The summed E-state index contributed by atoms with van der Waals surface area (Å²) in [6.07, 6.45) is 3.34. The molecule has 1 fully saturated rings. The molecular formula is C9H9NO3. The predicted octanol–water partition coefficient (Wildman–Crippen LogP) is 1.31. The Morgan fingerprint density at radius 2 is 2.15 bits per heavy atom. The number of carbonyl (C=O) groups is 2. The summed E-state index contributed by atoms with van der Waals surface area (Å²) in [7, 11) is 0. The SMILES string of the molecule is O=C(O)c1cc(C(=O)C2CC2)c[nH]1. The average molecular weight is 179 g/mol. The topological polar surface area (TPSA) is 70.2 Å². The Balaban J connectivity index is 2.21. The van der Waals surface area contributed by atoms with Gasteiger partial charge in [-0.2, -0.15) is 0 Å². The molecule has 1 heterocycles.